The van der Waals surface area contributed by atoms with Crippen molar-refractivity contribution in [1.29, 1.82) is 0 Å². The van der Waals surface area contributed by atoms with Crippen LogP contribution in [0.2, 0.25) is 0 Å². The zero-order valence-electron chi connectivity index (χ0n) is 14.0. The van der Waals surface area contributed by atoms with Crippen LogP contribution in [0, 0.1) is 0 Å². The van der Waals surface area contributed by atoms with Gasteiger partial charge in [-0.15, -0.1) is 0 Å². The van der Waals surface area contributed by atoms with Crippen molar-refractivity contribution in [1.82, 2.24) is 24.7 Å². The Labute approximate surface area is 141 Å². The Bertz CT molecular complexity index is 602. The molecule has 2 aliphatic heterocycles. The average molecular weight is 335 g/mol. The van der Waals surface area contributed by atoms with Crippen LogP contribution in [0.1, 0.15) is 31.5 Å². The van der Waals surface area contributed by atoms with Gasteiger partial charge in [0, 0.05) is 32.5 Å². The van der Waals surface area contributed by atoms with E-state index in [2.05, 4.69) is 10.3 Å². The second kappa shape index (κ2) is 7.21. The number of piperidine rings is 1. The van der Waals surface area contributed by atoms with Crippen LogP contribution in [-0.2, 0) is 18.4 Å². The molecule has 3 amide bonds. The van der Waals surface area contributed by atoms with E-state index in [1.165, 1.54) is 0 Å². The quantitative estimate of drug-likeness (QED) is 0.815. The van der Waals surface area contributed by atoms with Crippen LogP contribution in [0.15, 0.2) is 12.4 Å². The maximum atomic E-state index is 12.7. The van der Waals surface area contributed by atoms with Crippen molar-refractivity contribution >= 4 is 11.9 Å². The van der Waals surface area contributed by atoms with Crippen molar-refractivity contribution in [3.8, 4) is 0 Å². The van der Waals surface area contributed by atoms with Gasteiger partial charge in [-0.05, 0) is 25.7 Å². The fourth-order valence-corrected chi connectivity index (χ4v) is 3.48. The van der Waals surface area contributed by atoms with Gasteiger partial charge in [0.25, 0.3) is 0 Å². The van der Waals surface area contributed by atoms with E-state index >= 15 is 0 Å². The summed E-state index contributed by atoms with van der Waals surface area (Å²) < 4.78 is 1.89. The molecule has 2 fully saturated rings. The highest BCUT2D eigenvalue weighted by molar-refractivity contribution is 5.87. The van der Waals surface area contributed by atoms with Gasteiger partial charge >= 0.3 is 6.03 Å². The van der Waals surface area contributed by atoms with Crippen LogP contribution < -0.4 is 5.32 Å². The fraction of sp³-hybridized carbons (Fsp3) is 0.688. The lowest BCUT2D eigenvalue weighted by atomic mass is 10.0. The Morgan fingerprint density at radius 2 is 2.17 bits per heavy atom. The summed E-state index contributed by atoms with van der Waals surface area (Å²) in [5.41, 5.74) is 0. The maximum absolute atomic E-state index is 12.7. The molecule has 3 rings (SSSR count). The molecule has 1 aromatic heterocycles. The number of urea groups is 1. The first-order valence-corrected chi connectivity index (χ1v) is 8.53. The van der Waals surface area contributed by atoms with E-state index in [0.717, 1.165) is 25.1 Å². The number of nitrogens with one attached hydrogen (secondary N) is 1. The topological polar surface area (TPSA) is 90.7 Å². The molecular formula is C16H25N5O3. The van der Waals surface area contributed by atoms with Crippen LogP contribution in [0.3, 0.4) is 0 Å². The molecule has 0 radical (unpaired) electrons. The Balaban J connectivity index is 1.60. The zero-order valence-corrected chi connectivity index (χ0v) is 14.0. The highest BCUT2D eigenvalue weighted by Crippen LogP contribution is 2.19. The molecule has 8 heteroatoms. The molecule has 0 aromatic carbocycles. The summed E-state index contributed by atoms with van der Waals surface area (Å²) in [6.07, 6.45) is 6.77. The minimum atomic E-state index is -0.494. The number of rotatable bonds is 4. The first-order valence-electron chi connectivity index (χ1n) is 8.53. The Morgan fingerprint density at radius 1 is 1.38 bits per heavy atom. The molecule has 2 saturated heterocycles. The lowest BCUT2D eigenvalue weighted by molar-refractivity contribution is -0.136. The van der Waals surface area contributed by atoms with Gasteiger partial charge < -0.3 is 24.8 Å². The predicted molar refractivity (Wildman–Crippen MR) is 87.0 cm³/mol. The lowest BCUT2D eigenvalue weighted by Gasteiger charge is -2.34. The highest BCUT2D eigenvalue weighted by atomic mass is 16.3. The Hall–Kier alpha value is -2.09. The van der Waals surface area contributed by atoms with E-state index in [1.54, 1.807) is 16.0 Å². The minimum Gasteiger partial charge on any atom is -0.394 e. The van der Waals surface area contributed by atoms with Crippen molar-refractivity contribution < 1.29 is 14.7 Å². The molecule has 0 aliphatic carbocycles. The number of likely N-dealkylation sites (tertiary alicyclic amines) is 2. The second-order valence-electron chi connectivity index (χ2n) is 6.53. The maximum Gasteiger partial charge on any atom is 0.318 e. The van der Waals surface area contributed by atoms with Crippen LogP contribution in [-0.4, -0.2) is 68.2 Å². The molecule has 132 valence electrons. The molecule has 0 saturated carbocycles. The van der Waals surface area contributed by atoms with Gasteiger partial charge in [-0.25, -0.2) is 9.78 Å². The third kappa shape index (κ3) is 3.38. The number of hydrogen-bond donors (Lipinski definition) is 2. The smallest absolute Gasteiger partial charge is 0.318 e. The molecular weight excluding hydrogens is 310 g/mol. The van der Waals surface area contributed by atoms with E-state index in [1.807, 2.05) is 17.8 Å². The second-order valence-corrected chi connectivity index (χ2v) is 6.53. The summed E-state index contributed by atoms with van der Waals surface area (Å²) in [5, 5.41) is 12.2. The normalized spacial score (nSPS) is 24.5. The summed E-state index contributed by atoms with van der Waals surface area (Å²) in [7, 11) is 1.90. The number of hydrogen-bond acceptors (Lipinski definition) is 4. The Morgan fingerprint density at radius 3 is 2.88 bits per heavy atom. The number of aliphatic hydroxyl groups excluding tert-OH is 1. The molecule has 8 nitrogen and oxygen atoms in total. The van der Waals surface area contributed by atoms with Gasteiger partial charge in [0.2, 0.25) is 5.91 Å². The number of carbonyl (C=O) groups is 2. The Kier molecular flexibility index (Phi) is 5.03. The van der Waals surface area contributed by atoms with Crippen molar-refractivity contribution in [3.05, 3.63) is 18.2 Å². The molecule has 2 N–H and O–H groups in total. The van der Waals surface area contributed by atoms with Crippen molar-refractivity contribution in [2.45, 2.75) is 44.3 Å². The number of imidazole rings is 1. The van der Waals surface area contributed by atoms with Crippen molar-refractivity contribution in [3.63, 3.8) is 0 Å². The summed E-state index contributed by atoms with van der Waals surface area (Å²) in [6, 6.07) is -0.873. The molecule has 0 spiro atoms. The number of aromatic nitrogens is 2. The number of nitrogens with zero attached hydrogens (tertiary/aromatic N) is 4. The van der Waals surface area contributed by atoms with Gasteiger partial charge in [0.15, 0.2) is 0 Å². The lowest BCUT2D eigenvalue weighted by Crippen LogP contribution is -2.55. The first kappa shape index (κ1) is 16.8. The van der Waals surface area contributed by atoms with E-state index < -0.39 is 6.04 Å². The highest BCUT2D eigenvalue weighted by Gasteiger charge is 2.34. The molecule has 2 atom stereocenters. The molecule has 3 heterocycles. The monoisotopic (exact) mass is 335 g/mol. The van der Waals surface area contributed by atoms with Crippen LogP contribution >= 0.6 is 0 Å². The average Bonchev–Trinajstić information content (AvgIpc) is 3.20. The largest absolute Gasteiger partial charge is 0.394 e. The molecule has 0 bridgehead atoms. The minimum absolute atomic E-state index is 0.0304. The summed E-state index contributed by atoms with van der Waals surface area (Å²) in [4.78, 5) is 32.8. The standard InChI is InChI=1S/C16H25N5O3/c1-19-9-6-17-14(19)10-20-7-3-5-13(15(20)23)18-16(24)21-8-2-4-12(21)11-22/h6,9,12-13,22H,2-5,7-8,10-11H2,1H3,(H,18,24)/t12-,13?/m0/s1. The van der Waals surface area contributed by atoms with Gasteiger partial charge in [0.1, 0.15) is 11.9 Å². The van der Waals surface area contributed by atoms with Gasteiger partial charge in [-0.1, -0.05) is 0 Å². The predicted octanol–water partition coefficient (Wildman–Crippen LogP) is 0.0774. The van der Waals surface area contributed by atoms with Crippen LogP contribution in [0.25, 0.3) is 0 Å². The van der Waals surface area contributed by atoms with Crippen molar-refractivity contribution in [2.75, 3.05) is 19.7 Å². The number of aliphatic hydroxyl groups is 1. The van der Waals surface area contributed by atoms with Gasteiger partial charge in [-0.2, -0.15) is 0 Å². The summed E-state index contributed by atoms with van der Waals surface area (Å²) in [5.74, 6) is 0.771. The van der Waals surface area contributed by atoms with E-state index in [0.29, 0.717) is 26.1 Å². The number of aryl methyl sites for hydroxylation is 1. The van der Waals surface area contributed by atoms with Crippen LogP contribution in [0.4, 0.5) is 4.79 Å². The summed E-state index contributed by atoms with van der Waals surface area (Å²) in [6.45, 7) is 1.74. The number of carbonyl (C=O) groups excluding carboxylic acids is 2. The first-order chi connectivity index (χ1) is 11.6. The molecule has 1 unspecified atom stereocenters. The third-order valence-corrected chi connectivity index (χ3v) is 4.93. The zero-order chi connectivity index (χ0) is 17.1. The SMILES string of the molecule is Cn1ccnc1CN1CCCC(NC(=O)N2CCC[C@H]2CO)C1=O. The molecule has 2 aliphatic rings. The van der Waals surface area contributed by atoms with E-state index in [4.69, 9.17) is 0 Å². The van der Waals surface area contributed by atoms with Crippen molar-refractivity contribution in [2.24, 2.45) is 7.05 Å². The third-order valence-electron chi connectivity index (χ3n) is 4.93. The number of amides is 3. The molecule has 24 heavy (non-hydrogen) atoms. The summed E-state index contributed by atoms with van der Waals surface area (Å²) >= 11 is 0. The molecule has 1 aromatic rings. The van der Waals surface area contributed by atoms with E-state index in [9.17, 15) is 14.7 Å². The van der Waals surface area contributed by atoms with Gasteiger partial charge in [0.05, 0.1) is 19.2 Å². The van der Waals surface area contributed by atoms with E-state index in [-0.39, 0.29) is 24.6 Å². The van der Waals surface area contributed by atoms with Gasteiger partial charge in [-0.3, -0.25) is 4.79 Å². The van der Waals surface area contributed by atoms with Crippen LogP contribution in [0.5, 0.6) is 0 Å². The fourth-order valence-electron chi connectivity index (χ4n) is 3.48.